The van der Waals surface area contributed by atoms with E-state index in [4.69, 9.17) is 0 Å². The number of carbonyl (C=O) groups is 1. The molecule has 2 atom stereocenters. The van der Waals surface area contributed by atoms with E-state index in [1.54, 1.807) is 6.20 Å². The monoisotopic (exact) mass is 276 g/mol. The van der Waals surface area contributed by atoms with E-state index in [1.807, 2.05) is 16.9 Å². The van der Waals surface area contributed by atoms with Crippen molar-refractivity contribution in [2.75, 3.05) is 13.1 Å². The van der Waals surface area contributed by atoms with Crippen molar-refractivity contribution in [1.82, 2.24) is 20.0 Å². The molecular formula is C15H24N4O. The van der Waals surface area contributed by atoms with Gasteiger partial charge in [-0.25, -0.2) is 0 Å². The van der Waals surface area contributed by atoms with Crippen LogP contribution < -0.4 is 5.32 Å². The summed E-state index contributed by atoms with van der Waals surface area (Å²) in [6, 6.07) is 2.74. The summed E-state index contributed by atoms with van der Waals surface area (Å²) in [5, 5.41) is 7.33. The molecule has 0 spiro atoms. The average Bonchev–Trinajstić information content (AvgIpc) is 2.95. The van der Waals surface area contributed by atoms with Gasteiger partial charge >= 0.3 is 0 Å². The van der Waals surface area contributed by atoms with Gasteiger partial charge in [0.2, 0.25) is 5.91 Å². The van der Waals surface area contributed by atoms with Gasteiger partial charge in [0.15, 0.2) is 0 Å². The van der Waals surface area contributed by atoms with Crippen molar-refractivity contribution in [3.63, 3.8) is 0 Å². The highest BCUT2D eigenvalue weighted by molar-refractivity contribution is 5.82. The molecule has 5 heteroatoms. The maximum absolute atomic E-state index is 12.3. The number of rotatable bonds is 6. The summed E-state index contributed by atoms with van der Waals surface area (Å²) in [5.74, 6) is 0.622. The van der Waals surface area contributed by atoms with Gasteiger partial charge in [0.05, 0.1) is 6.04 Å². The van der Waals surface area contributed by atoms with Crippen molar-refractivity contribution in [2.24, 2.45) is 5.92 Å². The largest absolute Gasteiger partial charge is 0.354 e. The second-order valence-electron chi connectivity index (χ2n) is 6.21. The van der Waals surface area contributed by atoms with Crippen LogP contribution in [-0.4, -0.2) is 45.8 Å². The van der Waals surface area contributed by atoms with Gasteiger partial charge in [-0.05, 0) is 44.2 Å². The van der Waals surface area contributed by atoms with Crippen molar-refractivity contribution in [1.29, 1.82) is 0 Å². The molecule has 0 radical (unpaired) electrons. The highest BCUT2D eigenvalue weighted by Crippen LogP contribution is 2.33. The van der Waals surface area contributed by atoms with Crippen LogP contribution in [0, 0.1) is 5.92 Å². The lowest BCUT2D eigenvalue weighted by Crippen LogP contribution is -2.45. The molecule has 1 saturated heterocycles. The molecule has 110 valence electrons. The zero-order valence-corrected chi connectivity index (χ0v) is 12.2. The first kappa shape index (κ1) is 13.6. The molecule has 2 unspecified atom stereocenters. The highest BCUT2D eigenvalue weighted by Gasteiger charge is 2.39. The quantitative estimate of drug-likeness (QED) is 0.851. The first-order valence-electron chi connectivity index (χ1n) is 7.75. The summed E-state index contributed by atoms with van der Waals surface area (Å²) in [4.78, 5) is 14.7. The molecular weight excluding hydrogens is 252 g/mol. The maximum atomic E-state index is 12.3. The van der Waals surface area contributed by atoms with Gasteiger partial charge in [-0.15, -0.1) is 0 Å². The number of carbonyl (C=O) groups excluding carboxylic acids is 1. The molecule has 1 N–H and O–H groups in total. The Morgan fingerprint density at radius 2 is 2.30 bits per heavy atom. The first-order valence-corrected chi connectivity index (χ1v) is 7.75. The second kappa shape index (κ2) is 5.95. The topological polar surface area (TPSA) is 50.2 Å². The lowest BCUT2D eigenvalue weighted by molar-refractivity contribution is -0.125. The lowest BCUT2D eigenvalue weighted by Gasteiger charge is -2.24. The van der Waals surface area contributed by atoms with E-state index in [2.05, 4.69) is 22.2 Å². The molecule has 1 aliphatic heterocycles. The predicted octanol–water partition coefficient (Wildman–Crippen LogP) is 1.26. The minimum atomic E-state index is 0.124. The van der Waals surface area contributed by atoms with Crippen molar-refractivity contribution in [3.05, 3.63) is 18.5 Å². The van der Waals surface area contributed by atoms with Gasteiger partial charge < -0.3 is 5.32 Å². The number of likely N-dealkylation sites (tertiary alicyclic amines) is 1. The fraction of sp³-hybridized carbons (Fsp3) is 0.733. The first-order chi connectivity index (χ1) is 9.74. The number of aromatic nitrogens is 2. The van der Waals surface area contributed by atoms with Crippen LogP contribution in [0.5, 0.6) is 0 Å². The van der Waals surface area contributed by atoms with Crippen LogP contribution in [0.4, 0.5) is 0 Å². The third-order valence-corrected chi connectivity index (χ3v) is 4.30. The van der Waals surface area contributed by atoms with Crippen molar-refractivity contribution < 1.29 is 4.79 Å². The molecule has 3 rings (SSSR count). The van der Waals surface area contributed by atoms with E-state index < -0.39 is 0 Å². The summed E-state index contributed by atoms with van der Waals surface area (Å²) >= 11 is 0. The van der Waals surface area contributed by atoms with Crippen molar-refractivity contribution in [3.8, 4) is 0 Å². The van der Waals surface area contributed by atoms with E-state index in [0.717, 1.165) is 32.5 Å². The van der Waals surface area contributed by atoms with Crippen LogP contribution in [0.25, 0.3) is 0 Å². The Hall–Kier alpha value is -1.36. The Morgan fingerprint density at radius 1 is 1.45 bits per heavy atom. The van der Waals surface area contributed by atoms with Crippen LogP contribution in [0.2, 0.25) is 0 Å². The van der Waals surface area contributed by atoms with Crippen LogP contribution in [0.3, 0.4) is 0 Å². The molecule has 0 bridgehead atoms. The van der Waals surface area contributed by atoms with Crippen LogP contribution >= 0.6 is 0 Å². The van der Waals surface area contributed by atoms with Gasteiger partial charge in [0.25, 0.3) is 0 Å². The Balaban J connectivity index is 1.44. The Kier molecular flexibility index (Phi) is 4.05. The average molecular weight is 276 g/mol. The van der Waals surface area contributed by atoms with E-state index >= 15 is 0 Å². The summed E-state index contributed by atoms with van der Waals surface area (Å²) in [5.41, 5.74) is 0. The molecule has 2 fully saturated rings. The molecule has 1 aromatic heterocycles. The third kappa shape index (κ3) is 3.20. The molecule has 1 saturated carbocycles. The van der Waals surface area contributed by atoms with E-state index in [0.29, 0.717) is 12.0 Å². The summed E-state index contributed by atoms with van der Waals surface area (Å²) < 4.78 is 1.92. The van der Waals surface area contributed by atoms with Gasteiger partial charge in [-0.3, -0.25) is 14.4 Å². The van der Waals surface area contributed by atoms with E-state index in [1.165, 1.54) is 12.8 Å². The summed E-state index contributed by atoms with van der Waals surface area (Å²) in [6.45, 7) is 4.83. The van der Waals surface area contributed by atoms with Gasteiger partial charge in [-0.1, -0.05) is 6.92 Å². The Morgan fingerprint density at radius 3 is 3.00 bits per heavy atom. The zero-order chi connectivity index (χ0) is 13.9. The van der Waals surface area contributed by atoms with E-state index in [9.17, 15) is 4.79 Å². The summed E-state index contributed by atoms with van der Waals surface area (Å²) in [7, 11) is 0. The normalized spacial score (nSPS) is 24.8. The molecule has 1 aromatic rings. The SMILES string of the molecule is CC(CNC(=O)C1CCCN1C1CC1)Cn1cccn1. The number of hydrogen-bond acceptors (Lipinski definition) is 3. The fourth-order valence-electron chi connectivity index (χ4n) is 3.10. The number of nitrogens with zero attached hydrogens (tertiary/aromatic N) is 3. The van der Waals surface area contributed by atoms with Crippen molar-refractivity contribution >= 4 is 5.91 Å². The Labute approximate surface area is 120 Å². The zero-order valence-electron chi connectivity index (χ0n) is 12.2. The molecule has 0 aromatic carbocycles. The predicted molar refractivity (Wildman–Crippen MR) is 77.2 cm³/mol. The third-order valence-electron chi connectivity index (χ3n) is 4.30. The smallest absolute Gasteiger partial charge is 0.237 e. The number of hydrogen-bond donors (Lipinski definition) is 1. The fourth-order valence-corrected chi connectivity index (χ4v) is 3.10. The standard InChI is InChI=1S/C15H24N4O/c1-12(11-18-8-3-7-17-18)10-16-15(20)14-4-2-9-19(14)13-5-6-13/h3,7-8,12-14H,2,4-6,9-11H2,1H3,(H,16,20). The molecule has 2 aliphatic rings. The van der Waals surface area contributed by atoms with Crippen LogP contribution in [0.15, 0.2) is 18.5 Å². The van der Waals surface area contributed by atoms with Gasteiger partial charge in [0.1, 0.15) is 0 Å². The van der Waals surface area contributed by atoms with Crippen LogP contribution in [0.1, 0.15) is 32.6 Å². The summed E-state index contributed by atoms with van der Waals surface area (Å²) in [6.07, 6.45) is 8.49. The van der Waals surface area contributed by atoms with E-state index in [-0.39, 0.29) is 11.9 Å². The second-order valence-corrected chi connectivity index (χ2v) is 6.21. The minimum Gasteiger partial charge on any atom is -0.354 e. The molecule has 2 heterocycles. The number of amides is 1. The lowest BCUT2D eigenvalue weighted by atomic mass is 10.1. The maximum Gasteiger partial charge on any atom is 0.237 e. The minimum absolute atomic E-state index is 0.124. The molecule has 5 nitrogen and oxygen atoms in total. The highest BCUT2D eigenvalue weighted by atomic mass is 16.2. The van der Waals surface area contributed by atoms with Gasteiger partial charge in [0, 0.05) is 31.5 Å². The number of nitrogens with one attached hydrogen (secondary N) is 1. The van der Waals surface area contributed by atoms with Crippen molar-refractivity contribution in [2.45, 2.75) is 51.2 Å². The molecule has 20 heavy (non-hydrogen) atoms. The molecule has 1 aliphatic carbocycles. The molecule has 1 amide bonds. The van der Waals surface area contributed by atoms with Crippen LogP contribution in [-0.2, 0) is 11.3 Å². The Bertz CT molecular complexity index is 441. The van der Waals surface area contributed by atoms with Gasteiger partial charge in [-0.2, -0.15) is 5.10 Å².